The summed E-state index contributed by atoms with van der Waals surface area (Å²) in [7, 11) is 1.67. The van der Waals surface area contributed by atoms with E-state index in [1.54, 1.807) is 7.11 Å². The number of aliphatic hydroxyl groups is 1. The van der Waals surface area contributed by atoms with Gasteiger partial charge in [-0.15, -0.1) is 0 Å². The van der Waals surface area contributed by atoms with Crippen molar-refractivity contribution in [1.82, 2.24) is 0 Å². The number of aliphatic hydroxyl groups excluding tert-OH is 1. The molecule has 0 saturated carbocycles. The summed E-state index contributed by atoms with van der Waals surface area (Å²) < 4.78 is 16.6. The molecule has 0 spiro atoms. The number of ether oxygens (including phenoxy) is 3. The van der Waals surface area contributed by atoms with Crippen molar-refractivity contribution in [1.29, 1.82) is 0 Å². The second-order valence-electron chi connectivity index (χ2n) is 4.91. The molecule has 0 unspecified atom stereocenters. The van der Waals surface area contributed by atoms with Gasteiger partial charge in [0.2, 0.25) is 0 Å². The van der Waals surface area contributed by atoms with Crippen LogP contribution in [0.5, 0.6) is 11.5 Å². The lowest BCUT2D eigenvalue weighted by molar-refractivity contribution is 0.169. The molecule has 0 aliphatic carbocycles. The fourth-order valence-corrected chi connectivity index (χ4v) is 2.00. The zero-order valence-corrected chi connectivity index (χ0v) is 12.8. The Labute approximate surface area is 131 Å². The normalized spacial score (nSPS) is 10.5. The van der Waals surface area contributed by atoms with Crippen LogP contribution in [0.4, 0.5) is 0 Å². The predicted octanol–water partition coefficient (Wildman–Crippen LogP) is 3.17. The van der Waals surface area contributed by atoms with Gasteiger partial charge in [0.1, 0.15) is 6.61 Å². The maximum Gasteiger partial charge on any atom is 0.161 e. The SMILES string of the molecule is COCCCOc1cc(CO)ccc1OCc1ccccc1. The Morgan fingerprint density at radius 3 is 2.41 bits per heavy atom. The van der Waals surface area contributed by atoms with E-state index in [9.17, 15) is 5.11 Å². The van der Waals surface area contributed by atoms with Crippen LogP contribution in [0.2, 0.25) is 0 Å². The summed E-state index contributed by atoms with van der Waals surface area (Å²) >= 11 is 0. The third kappa shape index (κ3) is 5.06. The summed E-state index contributed by atoms with van der Waals surface area (Å²) in [5, 5.41) is 9.25. The first-order chi connectivity index (χ1) is 10.8. The molecule has 4 nitrogen and oxygen atoms in total. The Morgan fingerprint density at radius 2 is 1.68 bits per heavy atom. The van der Waals surface area contributed by atoms with Crippen molar-refractivity contribution in [2.24, 2.45) is 0 Å². The Balaban J connectivity index is 2.01. The molecule has 0 radical (unpaired) electrons. The van der Waals surface area contributed by atoms with E-state index in [0.29, 0.717) is 31.3 Å². The van der Waals surface area contributed by atoms with Crippen LogP contribution in [0, 0.1) is 0 Å². The van der Waals surface area contributed by atoms with Crippen LogP contribution in [0.3, 0.4) is 0 Å². The van der Waals surface area contributed by atoms with Crippen LogP contribution in [-0.2, 0) is 18.0 Å². The van der Waals surface area contributed by atoms with Crippen LogP contribution >= 0.6 is 0 Å². The molecular formula is C18H22O4. The summed E-state index contributed by atoms with van der Waals surface area (Å²) in [6, 6.07) is 15.5. The van der Waals surface area contributed by atoms with Gasteiger partial charge in [0.15, 0.2) is 11.5 Å². The molecule has 0 fully saturated rings. The number of hydrogen-bond donors (Lipinski definition) is 1. The highest BCUT2D eigenvalue weighted by Gasteiger charge is 2.07. The molecule has 2 rings (SSSR count). The Hall–Kier alpha value is -2.04. The van der Waals surface area contributed by atoms with Crippen molar-refractivity contribution >= 4 is 0 Å². The van der Waals surface area contributed by atoms with E-state index in [1.165, 1.54) is 0 Å². The van der Waals surface area contributed by atoms with Crippen LogP contribution < -0.4 is 9.47 Å². The Kier molecular flexibility index (Phi) is 6.74. The molecule has 0 aliphatic heterocycles. The zero-order chi connectivity index (χ0) is 15.6. The van der Waals surface area contributed by atoms with Crippen LogP contribution in [0.25, 0.3) is 0 Å². The Bertz CT molecular complexity index is 554. The lowest BCUT2D eigenvalue weighted by Gasteiger charge is -2.14. The fourth-order valence-electron chi connectivity index (χ4n) is 2.00. The van der Waals surface area contributed by atoms with Crippen molar-refractivity contribution in [2.75, 3.05) is 20.3 Å². The maximum absolute atomic E-state index is 9.25. The lowest BCUT2D eigenvalue weighted by atomic mass is 10.2. The monoisotopic (exact) mass is 302 g/mol. The van der Waals surface area contributed by atoms with Crippen LogP contribution in [0.1, 0.15) is 17.5 Å². The zero-order valence-electron chi connectivity index (χ0n) is 12.8. The number of methoxy groups -OCH3 is 1. The van der Waals surface area contributed by atoms with E-state index in [-0.39, 0.29) is 6.61 Å². The second kappa shape index (κ2) is 9.07. The molecule has 0 aromatic heterocycles. The minimum Gasteiger partial charge on any atom is -0.490 e. The topological polar surface area (TPSA) is 47.9 Å². The molecule has 2 aromatic carbocycles. The average Bonchev–Trinajstić information content (AvgIpc) is 2.58. The number of rotatable bonds is 9. The van der Waals surface area contributed by atoms with Crippen LogP contribution in [0.15, 0.2) is 48.5 Å². The van der Waals surface area contributed by atoms with Gasteiger partial charge in [-0.2, -0.15) is 0 Å². The molecular weight excluding hydrogens is 280 g/mol. The predicted molar refractivity (Wildman–Crippen MR) is 85.1 cm³/mol. The summed E-state index contributed by atoms with van der Waals surface area (Å²) in [6.45, 7) is 1.66. The second-order valence-corrected chi connectivity index (χ2v) is 4.91. The van der Waals surface area contributed by atoms with Crippen molar-refractivity contribution in [3.8, 4) is 11.5 Å². The van der Waals surface area contributed by atoms with Crippen molar-refractivity contribution < 1.29 is 19.3 Å². The van der Waals surface area contributed by atoms with Gasteiger partial charge in [-0.3, -0.25) is 0 Å². The van der Waals surface area contributed by atoms with E-state index in [2.05, 4.69) is 0 Å². The van der Waals surface area contributed by atoms with Gasteiger partial charge < -0.3 is 19.3 Å². The quantitative estimate of drug-likeness (QED) is 0.723. The molecule has 0 atom stereocenters. The minimum atomic E-state index is -0.0204. The first-order valence-electron chi connectivity index (χ1n) is 7.35. The van der Waals surface area contributed by atoms with Gasteiger partial charge in [-0.25, -0.2) is 0 Å². The third-order valence-electron chi connectivity index (χ3n) is 3.18. The van der Waals surface area contributed by atoms with Crippen molar-refractivity contribution in [3.05, 3.63) is 59.7 Å². The molecule has 4 heteroatoms. The molecule has 0 bridgehead atoms. The van der Waals surface area contributed by atoms with E-state index < -0.39 is 0 Å². The van der Waals surface area contributed by atoms with Gasteiger partial charge in [0.25, 0.3) is 0 Å². The highest BCUT2D eigenvalue weighted by atomic mass is 16.5. The van der Waals surface area contributed by atoms with E-state index in [1.807, 2.05) is 48.5 Å². The summed E-state index contributed by atoms with van der Waals surface area (Å²) in [4.78, 5) is 0. The molecule has 1 N–H and O–H groups in total. The van der Waals surface area contributed by atoms with Gasteiger partial charge in [-0.1, -0.05) is 36.4 Å². The number of benzene rings is 2. The summed E-state index contributed by atoms with van der Waals surface area (Å²) in [5.74, 6) is 1.33. The standard InChI is InChI=1S/C18H22O4/c1-20-10-5-11-21-18-12-16(13-19)8-9-17(18)22-14-15-6-3-2-4-7-15/h2-4,6-9,12,19H,5,10-11,13-14H2,1H3. The van der Waals surface area contributed by atoms with E-state index in [4.69, 9.17) is 14.2 Å². The first kappa shape index (κ1) is 16.3. The van der Waals surface area contributed by atoms with Gasteiger partial charge >= 0.3 is 0 Å². The van der Waals surface area contributed by atoms with Crippen molar-refractivity contribution in [3.63, 3.8) is 0 Å². The largest absolute Gasteiger partial charge is 0.490 e. The van der Waals surface area contributed by atoms with E-state index in [0.717, 1.165) is 17.5 Å². The summed E-state index contributed by atoms with van der Waals surface area (Å²) in [5.41, 5.74) is 1.90. The van der Waals surface area contributed by atoms with Crippen molar-refractivity contribution in [2.45, 2.75) is 19.6 Å². The van der Waals surface area contributed by atoms with Gasteiger partial charge in [-0.05, 0) is 23.3 Å². The highest BCUT2D eigenvalue weighted by molar-refractivity contribution is 5.43. The lowest BCUT2D eigenvalue weighted by Crippen LogP contribution is -2.04. The molecule has 22 heavy (non-hydrogen) atoms. The highest BCUT2D eigenvalue weighted by Crippen LogP contribution is 2.29. The molecule has 0 heterocycles. The molecule has 0 aliphatic rings. The third-order valence-corrected chi connectivity index (χ3v) is 3.18. The first-order valence-corrected chi connectivity index (χ1v) is 7.35. The molecule has 2 aromatic rings. The fraction of sp³-hybridized carbons (Fsp3) is 0.333. The molecule has 0 amide bonds. The number of hydrogen-bond acceptors (Lipinski definition) is 4. The van der Waals surface area contributed by atoms with Gasteiger partial charge in [0, 0.05) is 20.1 Å². The summed E-state index contributed by atoms with van der Waals surface area (Å²) in [6.07, 6.45) is 0.804. The average molecular weight is 302 g/mol. The Morgan fingerprint density at radius 1 is 0.864 bits per heavy atom. The van der Waals surface area contributed by atoms with Crippen LogP contribution in [-0.4, -0.2) is 25.4 Å². The van der Waals surface area contributed by atoms with E-state index >= 15 is 0 Å². The minimum absolute atomic E-state index is 0.0204. The molecule has 118 valence electrons. The smallest absolute Gasteiger partial charge is 0.161 e. The molecule has 0 saturated heterocycles. The van der Waals surface area contributed by atoms with Gasteiger partial charge in [0.05, 0.1) is 13.2 Å². The maximum atomic E-state index is 9.25.